The maximum atomic E-state index is 12.5. The van der Waals surface area contributed by atoms with Crippen molar-refractivity contribution in [3.05, 3.63) is 65.7 Å². The van der Waals surface area contributed by atoms with Crippen molar-refractivity contribution in [1.29, 1.82) is 0 Å². The van der Waals surface area contributed by atoms with Gasteiger partial charge in [-0.25, -0.2) is 0 Å². The first-order chi connectivity index (χ1) is 13.8. The van der Waals surface area contributed by atoms with Crippen LogP contribution in [0.2, 0.25) is 0 Å². The third-order valence-electron chi connectivity index (χ3n) is 4.68. The molecule has 2 aromatic carbocycles. The van der Waals surface area contributed by atoms with Gasteiger partial charge in [-0.2, -0.15) is 0 Å². The van der Waals surface area contributed by atoms with Crippen LogP contribution in [0.25, 0.3) is 6.08 Å². The summed E-state index contributed by atoms with van der Waals surface area (Å²) in [5.74, 6) is 0.0104. The Hall–Kier alpha value is -2.63. The predicted octanol–water partition coefficient (Wildman–Crippen LogP) is 3.55. The summed E-state index contributed by atoms with van der Waals surface area (Å²) in [6.07, 6.45) is 3.53. The van der Waals surface area contributed by atoms with Crippen molar-refractivity contribution in [3.8, 4) is 0 Å². The fourth-order valence-electron chi connectivity index (χ4n) is 2.79. The molecule has 1 N–H and O–H groups in total. The molecule has 156 valence electrons. The largest absolute Gasteiger partial charge is 0.384 e. The van der Waals surface area contributed by atoms with Gasteiger partial charge in [-0.15, -0.1) is 0 Å². The van der Waals surface area contributed by atoms with E-state index in [-0.39, 0.29) is 5.78 Å². The molecule has 5 heteroatoms. The van der Waals surface area contributed by atoms with Crippen molar-refractivity contribution >= 4 is 23.2 Å². The number of carbonyl (C=O) groups is 1. The zero-order chi connectivity index (χ0) is 21.2. The average molecular weight is 395 g/mol. The van der Waals surface area contributed by atoms with Crippen molar-refractivity contribution in [2.75, 3.05) is 71.6 Å². The molecule has 0 radical (unpaired) electrons. The minimum atomic E-state index is 0.0104. The van der Waals surface area contributed by atoms with E-state index >= 15 is 0 Å². The number of hydrogen-bond acceptors (Lipinski definition) is 5. The molecular formula is C24H34N4O. The lowest BCUT2D eigenvalue weighted by Gasteiger charge is -2.21. The lowest BCUT2D eigenvalue weighted by Crippen LogP contribution is -2.28. The summed E-state index contributed by atoms with van der Waals surface area (Å²) >= 11 is 0. The third kappa shape index (κ3) is 8.10. The van der Waals surface area contributed by atoms with Crippen molar-refractivity contribution in [3.63, 3.8) is 0 Å². The van der Waals surface area contributed by atoms with Gasteiger partial charge >= 0.3 is 0 Å². The smallest absolute Gasteiger partial charge is 0.185 e. The first-order valence-corrected chi connectivity index (χ1v) is 10.0. The molecule has 0 saturated carbocycles. The molecule has 0 bridgehead atoms. The molecule has 0 heterocycles. The Labute approximate surface area is 175 Å². The molecule has 2 rings (SSSR count). The second kappa shape index (κ2) is 11.4. The Bertz CT molecular complexity index is 797. The molecule has 2 aromatic rings. The molecular weight excluding hydrogens is 360 g/mol. The molecule has 0 fully saturated rings. The number of nitrogens with zero attached hydrogens (tertiary/aromatic N) is 3. The van der Waals surface area contributed by atoms with Crippen LogP contribution in [0.4, 0.5) is 11.4 Å². The second-order valence-electron chi connectivity index (χ2n) is 7.82. The highest BCUT2D eigenvalue weighted by Crippen LogP contribution is 2.16. The highest BCUT2D eigenvalue weighted by molar-refractivity contribution is 6.07. The highest BCUT2D eigenvalue weighted by atomic mass is 16.1. The van der Waals surface area contributed by atoms with Crippen LogP contribution >= 0.6 is 0 Å². The number of ketones is 1. The first-order valence-electron chi connectivity index (χ1n) is 10.0. The normalized spacial score (nSPS) is 11.4. The Kier molecular flexibility index (Phi) is 8.90. The van der Waals surface area contributed by atoms with E-state index in [1.54, 1.807) is 6.08 Å². The second-order valence-corrected chi connectivity index (χ2v) is 7.82. The summed E-state index contributed by atoms with van der Waals surface area (Å²) < 4.78 is 0. The molecule has 0 saturated heterocycles. The Morgan fingerprint density at radius 2 is 1.59 bits per heavy atom. The average Bonchev–Trinajstić information content (AvgIpc) is 2.70. The topological polar surface area (TPSA) is 38.8 Å². The summed E-state index contributed by atoms with van der Waals surface area (Å²) in [4.78, 5) is 19.0. The number of allylic oxidation sites excluding steroid dienone is 1. The van der Waals surface area contributed by atoms with Gasteiger partial charge in [0.1, 0.15) is 0 Å². The van der Waals surface area contributed by atoms with Gasteiger partial charge < -0.3 is 20.0 Å². The standard InChI is InChI=1S/C24H34N4O/c1-26(2)16-15-25-22-12-10-21(11-13-22)24(29)14-9-20-7-6-8-23(19-20)28(5)18-17-27(3)4/h6-14,19,25H,15-18H2,1-5H3. The zero-order valence-corrected chi connectivity index (χ0v) is 18.4. The monoisotopic (exact) mass is 394 g/mol. The van der Waals surface area contributed by atoms with E-state index < -0.39 is 0 Å². The summed E-state index contributed by atoms with van der Waals surface area (Å²) in [6, 6.07) is 15.9. The third-order valence-corrected chi connectivity index (χ3v) is 4.68. The molecule has 0 aliphatic heterocycles. The minimum absolute atomic E-state index is 0.0104. The number of rotatable bonds is 11. The number of hydrogen-bond donors (Lipinski definition) is 1. The predicted molar refractivity (Wildman–Crippen MR) is 125 cm³/mol. The van der Waals surface area contributed by atoms with Crippen molar-refractivity contribution in [1.82, 2.24) is 9.80 Å². The summed E-state index contributed by atoms with van der Waals surface area (Å²) in [7, 11) is 10.3. The minimum Gasteiger partial charge on any atom is -0.384 e. The van der Waals surface area contributed by atoms with Crippen LogP contribution in [0.3, 0.4) is 0 Å². The number of nitrogens with one attached hydrogen (secondary N) is 1. The molecule has 5 nitrogen and oxygen atoms in total. The summed E-state index contributed by atoms with van der Waals surface area (Å²) in [5, 5.41) is 3.36. The van der Waals surface area contributed by atoms with E-state index in [9.17, 15) is 4.79 Å². The number of anilines is 2. The van der Waals surface area contributed by atoms with E-state index in [2.05, 4.69) is 53.3 Å². The van der Waals surface area contributed by atoms with Crippen LogP contribution < -0.4 is 10.2 Å². The number of carbonyl (C=O) groups excluding carboxylic acids is 1. The zero-order valence-electron chi connectivity index (χ0n) is 18.4. The van der Waals surface area contributed by atoms with Crippen molar-refractivity contribution in [2.45, 2.75) is 0 Å². The number of benzene rings is 2. The van der Waals surface area contributed by atoms with E-state index in [1.807, 2.05) is 56.6 Å². The maximum absolute atomic E-state index is 12.5. The van der Waals surface area contributed by atoms with E-state index in [1.165, 1.54) is 0 Å². The summed E-state index contributed by atoms with van der Waals surface area (Å²) in [5.41, 5.74) is 3.89. The lowest BCUT2D eigenvalue weighted by molar-refractivity contribution is 0.104. The first kappa shape index (κ1) is 22.7. The SMILES string of the molecule is CN(C)CCNc1ccc(C(=O)C=Cc2cccc(N(C)CCN(C)C)c2)cc1. The van der Waals surface area contributed by atoms with Gasteiger partial charge in [-0.05, 0) is 76.2 Å². The fraction of sp³-hybridized carbons (Fsp3) is 0.375. The molecule has 0 unspecified atom stereocenters. The molecule has 29 heavy (non-hydrogen) atoms. The fourth-order valence-corrected chi connectivity index (χ4v) is 2.79. The van der Waals surface area contributed by atoms with Gasteiger partial charge in [0, 0.05) is 50.2 Å². The maximum Gasteiger partial charge on any atom is 0.185 e. The molecule has 0 aliphatic carbocycles. The Balaban J connectivity index is 1.95. The molecule has 0 aromatic heterocycles. The van der Waals surface area contributed by atoms with Gasteiger partial charge in [0.05, 0.1) is 0 Å². The molecule has 0 amide bonds. The molecule has 0 spiro atoms. The van der Waals surface area contributed by atoms with Crippen LogP contribution in [0.1, 0.15) is 15.9 Å². The Morgan fingerprint density at radius 3 is 2.24 bits per heavy atom. The molecule has 0 atom stereocenters. The lowest BCUT2D eigenvalue weighted by atomic mass is 10.1. The van der Waals surface area contributed by atoms with Gasteiger partial charge in [-0.3, -0.25) is 4.79 Å². The van der Waals surface area contributed by atoms with Crippen molar-refractivity contribution < 1.29 is 4.79 Å². The van der Waals surface area contributed by atoms with Gasteiger partial charge in [0.2, 0.25) is 0 Å². The van der Waals surface area contributed by atoms with Crippen LogP contribution in [0, 0.1) is 0 Å². The Morgan fingerprint density at radius 1 is 0.897 bits per heavy atom. The highest BCUT2D eigenvalue weighted by Gasteiger charge is 2.04. The molecule has 0 aliphatic rings. The van der Waals surface area contributed by atoms with E-state index in [0.717, 1.165) is 43.1 Å². The number of likely N-dealkylation sites (N-methyl/N-ethyl adjacent to an activating group) is 3. The van der Waals surface area contributed by atoms with Gasteiger partial charge in [0.25, 0.3) is 0 Å². The van der Waals surface area contributed by atoms with Crippen LogP contribution in [-0.4, -0.2) is 77.0 Å². The summed E-state index contributed by atoms with van der Waals surface area (Å²) in [6.45, 7) is 3.79. The van der Waals surface area contributed by atoms with Gasteiger partial charge in [-0.1, -0.05) is 18.2 Å². The van der Waals surface area contributed by atoms with E-state index in [0.29, 0.717) is 5.56 Å². The van der Waals surface area contributed by atoms with Crippen LogP contribution in [0.5, 0.6) is 0 Å². The van der Waals surface area contributed by atoms with Crippen molar-refractivity contribution in [2.24, 2.45) is 0 Å². The van der Waals surface area contributed by atoms with E-state index in [4.69, 9.17) is 0 Å². The van der Waals surface area contributed by atoms with Crippen LogP contribution in [-0.2, 0) is 0 Å². The quantitative estimate of drug-likeness (QED) is 0.466. The van der Waals surface area contributed by atoms with Crippen LogP contribution in [0.15, 0.2) is 54.6 Å². The van der Waals surface area contributed by atoms with Gasteiger partial charge in [0.15, 0.2) is 5.78 Å².